The summed E-state index contributed by atoms with van der Waals surface area (Å²) in [5.41, 5.74) is 0. The van der Waals surface area contributed by atoms with Crippen LogP contribution in [-0.4, -0.2) is 59.8 Å². The molecular weight excluding hydrogens is 212 g/mol. The van der Waals surface area contributed by atoms with E-state index >= 15 is 0 Å². The molecule has 1 N–H and O–H groups in total. The molecule has 0 bridgehead atoms. The zero-order chi connectivity index (χ0) is 12.7. The molecule has 3 heteroatoms. The maximum absolute atomic E-state index is 9.51. The van der Waals surface area contributed by atoms with E-state index in [1.165, 1.54) is 32.6 Å². The Balaban J connectivity index is 2.11. The first-order valence-corrected chi connectivity index (χ1v) is 7.31. The molecule has 0 amide bonds. The molecule has 3 nitrogen and oxygen atoms in total. The molecule has 102 valence electrons. The minimum atomic E-state index is -0.0867. The molecule has 0 aromatic carbocycles. The highest BCUT2D eigenvalue weighted by Gasteiger charge is 2.19. The van der Waals surface area contributed by atoms with Gasteiger partial charge >= 0.3 is 0 Å². The van der Waals surface area contributed by atoms with Crippen molar-refractivity contribution in [2.24, 2.45) is 0 Å². The van der Waals surface area contributed by atoms with Gasteiger partial charge in [0.05, 0.1) is 6.10 Å². The first kappa shape index (κ1) is 14.9. The minimum Gasteiger partial charge on any atom is -0.393 e. The van der Waals surface area contributed by atoms with Gasteiger partial charge in [-0.25, -0.2) is 0 Å². The van der Waals surface area contributed by atoms with Crippen molar-refractivity contribution in [3.05, 3.63) is 0 Å². The largest absolute Gasteiger partial charge is 0.393 e. The van der Waals surface area contributed by atoms with E-state index in [0.717, 1.165) is 31.8 Å². The Hall–Kier alpha value is -0.120. The third-order valence-corrected chi connectivity index (χ3v) is 4.10. The van der Waals surface area contributed by atoms with E-state index in [1.54, 1.807) is 0 Å². The predicted octanol–water partition coefficient (Wildman–Crippen LogP) is 1.95. The zero-order valence-electron chi connectivity index (χ0n) is 11.9. The highest BCUT2D eigenvalue weighted by molar-refractivity contribution is 4.75. The number of piperazine rings is 1. The fourth-order valence-electron chi connectivity index (χ4n) is 2.44. The summed E-state index contributed by atoms with van der Waals surface area (Å²) < 4.78 is 0. The lowest BCUT2D eigenvalue weighted by Gasteiger charge is -2.37. The first-order chi connectivity index (χ1) is 8.17. The average Bonchev–Trinajstić information content (AvgIpc) is 2.38. The maximum atomic E-state index is 9.51. The van der Waals surface area contributed by atoms with Crippen molar-refractivity contribution < 1.29 is 5.11 Å². The molecule has 17 heavy (non-hydrogen) atoms. The molecule has 1 heterocycles. The molecule has 0 saturated carbocycles. The standard InChI is InChI=1S/C14H30N2O/c1-4-13(3)16-11-9-15(10-12-16)8-6-7-14(17)5-2/h13-14,17H,4-12H2,1-3H3. The van der Waals surface area contributed by atoms with Crippen molar-refractivity contribution in [2.45, 2.75) is 58.6 Å². The Morgan fingerprint density at radius 2 is 1.71 bits per heavy atom. The summed E-state index contributed by atoms with van der Waals surface area (Å²) in [5.74, 6) is 0. The SMILES string of the molecule is CCC(O)CCCN1CCN(C(C)CC)CC1. The van der Waals surface area contributed by atoms with Gasteiger partial charge in [-0.2, -0.15) is 0 Å². The van der Waals surface area contributed by atoms with Crippen LogP contribution in [0.4, 0.5) is 0 Å². The summed E-state index contributed by atoms with van der Waals surface area (Å²) in [6.45, 7) is 12.6. The highest BCUT2D eigenvalue weighted by Crippen LogP contribution is 2.10. The summed E-state index contributed by atoms with van der Waals surface area (Å²) in [4.78, 5) is 5.14. The molecule has 1 saturated heterocycles. The van der Waals surface area contributed by atoms with Crippen LogP contribution in [0.5, 0.6) is 0 Å². The maximum Gasteiger partial charge on any atom is 0.0538 e. The van der Waals surface area contributed by atoms with Crippen LogP contribution in [0.25, 0.3) is 0 Å². The van der Waals surface area contributed by atoms with E-state index in [-0.39, 0.29) is 6.10 Å². The fourth-order valence-corrected chi connectivity index (χ4v) is 2.44. The van der Waals surface area contributed by atoms with Crippen molar-refractivity contribution in [2.75, 3.05) is 32.7 Å². The number of rotatable bonds is 7. The van der Waals surface area contributed by atoms with Gasteiger partial charge < -0.3 is 10.0 Å². The molecule has 0 aromatic rings. The minimum absolute atomic E-state index is 0.0867. The second-order valence-electron chi connectivity index (χ2n) is 5.34. The van der Waals surface area contributed by atoms with Gasteiger partial charge in [0.25, 0.3) is 0 Å². The van der Waals surface area contributed by atoms with Crippen molar-refractivity contribution >= 4 is 0 Å². The second-order valence-corrected chi connectivity index (χ2v) is 5.34. The van der Waals surface area contributed by atoms with Crippen LogP contribution in [0.1, 0.15) is 46.5 Å². The molecule has 1 aliphatic heterocycles. The quantitative estimate of drug-likeness (QED) is 0.739. The summed E-state index contributed by atoms with van der Waals surface area (Å²) in [6.07, 6.45) is 4.15. The summed E-state index contributed by atoms with van der Waals surface area (Å²) in [6, 6.07) is 0.735. The van der Waals surface area contributed by atoms with Crippen LogP contribution >= 0.6 is 0 Å². The predicted molar refractivity (Wildman–Crippen MR) is 73.3 cm³/mol. The molecule has 2 unspecified atom stereocenters. The van der Waals surface area contributed by atoms with E-state index in [2.05, 4.69) is 30.6 Å². The molecule has 1 aliphatic rings. The first-order valence-electron chi connectivity index (χ1n) is 7.31. The molecule has 0 aromatic heterocycles. The van der Waals surface area contributed by atoms with Gasteiger partial charge in [0, 0.05) is 32.2 Å². The van der Waals surface area contributed by atoms with Crippen LogP contribution in [-0.2, 0) is 0 Å². The molecule has 0 aliphatic carbocycles. The van der Waals surface area contributed by atoms with E-state index < -0.39 is 0 Å². The average molecular weight is 242 g/mol. The lowest BCUT2D eigenvalue weighted by molar-refractivity contribution is 0.0934. The summed E-state index contributed by atoms with van der Waals surface area (Å²) >= 11 is 0. The smallest absolute Gasteiger partial charge is 0.0538 e. The molecule has 0 radical (unpaired) electrons. The molecule has 1 rings (SSSR count). The van der Waals surface area contributed by atoms with E-state index in [1.807, 2.05) is 0 Å². The van der Waals surface area contributed by atoms with Crippen molar-refractivity contribution in [3.8, 4) is 0 Å². The fraction of sp³-hybridized carbons (Fsp3) is 1.00. The molecule has 0 spiro atoms. The van der Waals surface area contributed by atoms with Gasteiger partial charge in [0.1, 0.15) is 0 Å². The number of aliphatic hydroxyl groups excluding tert-OH is 1. The van der Waals surface area contributed by atoms with E-state index in [0.29, 0.717) is 0 Å². The van der Waals surface area contributed by atoms with Crippen LogP contribution in [0, 0.1) is 0 Å². The van der Waals surface area contributed by atoms with Gasteiger partial charge in [-0.05, 0) is 39.2 Å². The number of hydrogen-bond acceptors (Lipinski definition) is 3. The van der Waals surface area contributed by atoms with Gasteiger partial charge in [-0.15, -0.1) is 0 Å². The zero-order valence-corrected chi connectivity index (χ0v) is 11.9. The lowest BCUT2D eigenvalue weighted by atomic mass is 10.1. The highest BCUT2D eigenvalue weighted by atomic mass is 16.3. The summed E-state index contributed by atoms with van der Waals surface area (Å²) in [7, 11) is 0. The second kappa shape index (κ2) is 8.06. The van der Waals surface area contributed by atoms with Crippen LogP contribution in [0.2, 0.25) is 0 Å². The Morgan fingerprint density at radius 1 is 1.06 bits per heavy atom. The van der Waals surface area contributed by atoms with Crippen LogP contribution in [0.3, 0.4) is 0 Å². The number of nitrogens with zero attached hydrogens (tertiary/aromatic N) is 2. The molecular formula is C14H30N2O. The Morgan fingerprint density at radius 3 is 2.24 bits per heavy atom. The Kier molecular flexibility index (Phi) is 7.09. The lowest BCUT2D eigenvalue weighted by Crippen LogP contribution is -2.49. The topological polar surface area (TPSA) is 26.7 Å². The number of aliphatic hydroxyl groups is 1. The van der Waals surface area contributed by atoms with Crippen LogP contribution < -0.4 is 0 Å². The summed E-state index contributed by atoms with van der Waals surface area (Å²) in [5, 5.41) is 9.51. The van der Waals surface area contributed by atoms with Gasteiger partial charge in [0.15, 0.2) is 0 Å². The van der Waals surface area contributed by atoms with E-state index in [4.69, 9.17) is 0 Å². The van der Waals surface area contributed by atoms with Gasteiger partial charge in [0.2, 0.25) is 0 Å². The third kappa shape index (κ3) is 5.36. The number of hydrogen-bond donors (Lipinski definition) is 1. The van der Waals surface area contributed by atoms with Crippen molar-refractivity contribution in [3.63, 3.8) is 0 Å². The molecule has 2 atom stereocenters. The monoisotopic (exact) mass is 242 g/mol. The van der Waals surface area contributed by atoms with Gasteiger partial charge in [-0.3, -0.25) is 4.90 Å². The Bertz CT molecular complexity index is 188. The van der Waals surface area contributed by atoms with Crippen molar-refractivity contribution in [1.82, 2.24) is 9.80 Å². The normalized spacial score (nSPS) is 22.6. The molecule has 1 fully saturated rings. The third-order valence-electron chi connectivity index (χ3n) is 4.10. The van der Waals surface area contributed by atoms with Crippen molar-refractivity contribution in [1.29, 1.82) is 0 Å². The van der Waals surface area contributed by atoms with Crippen LogP contribution in [0.15, 0.2) is 0 Å². The van der Waals surface area contributed by atoms with Gasteiger partial charge in [-0.1, -0.05) is 13.8 Å². The Labute approximate surface area is 107 Å². The van der Waals surface area contributed by atoms with E-state index in [9.17, 15) is 5.11 Å².